The molecule has 0 bridgehead atoms. The first-order chi connectivity index (χ1) is 5.63. The van der Waals surface area contributed by atoms with Gasteiger partial charge in [0.15, 0.2) is 0 Å². The predicted octanol–water partition coefficient (Wildman–Crippen LogP) is 1.68. The lowest BCUT2D eigenvalue weighted by Gasteiger charge is -2.25. The summed E-state index contributed by atoms with van der Waals surface area (Å²) in [6, 6.07) is 0.224. The van der Waals surface area contributed by atoms with Crippen molar-refractivity contribution in [3.63, 3.8) is 0 Å². The minimum absolute atomic E-state index is 0.0436. The molecule has 1 atom stereocenters. The third-order valence-electron chi connectivity index (χ3n) is 2.12. The Kier molecular flexibility index (Phi) is 5.72. The van der Waals surface area contributed by atoms with Crippen LogP contribution in [-0.2, 0) is 4.79 Å². The molecule has 0 fully saturated rings. The smallest absolute Gasteiger partial charge is 0.233 e. The molecular weight excluding hydrogens is 152 g/mol. The number of unbranched alkanes of at least 4 members (excludes halogenated alkanes) is 1. The number of carbonyl (C=O) groups is 1. The highest BCUT2D eigenvalue weighted by molar-refractivity contribution is 5.72. The Morgan fingerprint density at radius 3 is 2.42 bits per heavy atom. The average molecular weight is 172 g/mol. The van der Waals surface area contributed by atoms with E-state index < -0.39 is 0 Å². The summed E-state index contributed by atoms with van der Waals surface area (Å²) in [7, 11) is 0. The molecule has 0 spiro atoms. The van der Waals surface area contributed by atoms with Gasteiger partial charge in [-0.25, -0.2) is 5.84 Å². The third kappa shape index (κ3) is 3.72. The van der Waals surface area contributed by atoms with Gasteiger partial charge in [0, 0.05) is 13.0 Å². The zero-order valence-corrected chi connectivity index (χ0v) is 8.34. The van der Waals surface area contributed by atoms with Crippen LogP contribution in [0, 0.1) is 0 Å². The Hall–Kier alpha value is -0.570. The number of carbonyl (C=O) groups excluding carboxylic acids is 1. The van der Waals surface area contributed by atoms with Crippen molar-refractivity contribution in [2.45, 2.75) is 52.5 Å². The summed E-state index contributed by atoms with van der Waals surface area (Å²) in [5.74, 6) is 5.55. The summed E-state index contributed by atoms with van der Waals surface area (Å²) in [5.41, 5.74) is 0. The van der Waals surface area contributed by atoms with E-state index in [9.17, 15) is 4.79 Å². The van der Waals surface area contributed by atoms with Crippen LogP contribution >= 0.6 is 0 Å². The fourth-order valence-electron chi connectivity index (χ4n) is 1.24. The molecule has 0 aromatic rings. The van der Waals surface area contributed by atoms with Crippen molar-refractivity contribution in [1.82, 2.24) is 5.01 Å². The number of amides is 1. The second-order valence-electron chi connectivity index (χ2n) is 3.13. The fraction of sp³-hybridized carbons (Fsp3) is 0.889. The van der Waals surface area contributed by atoms with Crippen LogP contribution in [0.25, 0.3) is 0 Å². The monoisotopic (exact) mass is 172 g/mol. The maximum absolute atomic E-state index is 10.9. The molecule has 0 aromatic carbocycles. The van der Waals surface area contributed by atoms with Crippen molar-refractivity contribution < 1.29 is 4.79 Å². The normalized spacial score (nSPS) is 12.7. The van der Waals surface area contributed by atoms with Crippen molar-refractivity contribution in [2.75, 3.05) is 0 Å². The Balaban J connectivity index is 3.87. The molecule has 12 heavy (non-hydrogen) atoms. The lowest BCUT2D eigenvalue weighted by Crippen LogP contribution is -2.44. The first-order valence-corrected chi connectivity index (χ1v) is 4.67. The van der Waals surface area contributed by atoms with Crippen LogP contribution in [0.15, 0.2) is 0 Å². The van der Waals surface area contributed by atoms with Crippen molar-refractivity contribution >= 4 is 5.91 Å². The SMILES string of the molecule is CCCCC(CC)N(N)C(C)=O. The van der Waals surface area contributed by atoms with Gasteiger partial charge in [-0.3, -0.25) is 9.80 Å². The van der Waals surface area contributed by atoms with Crippen LogP contribution < -0.4 is 5.84 Å². The molecule has 1 unspecified atom stereocenters. The number of hydrogen-bond acceptors (Lipinski definition) is 2. The molecule has 0 aliphatic rings. The minimum Gasteiger partial charge on any atom is -0.278 e. The van der Waals surface area contributed by atoms with Crippen molar-refractivity contribution in [2.24, 2.45) is 5.84 Å². The molecule has 0 radical (unpaired) electrons. The Labute approximate surface area is 74.9 Å². The predicted molar refractivity (Wildman–Crippen MR) is 50.3 cm³/mol. The molecule has 0 saturated heterocycles. The summed E-state index contributed by atoms with van der Waals surface area (Å²) in [6.07, 6.45) is 4.25. The van der Waals surface area contributed by atoms with Gasteiger partial charge >= 0.3 is 0 Å². The van der Waals surface area contributed by atoms with E-state index in [1.54, 1.807) is 0 Å². The van der Waals surface area contributed by atoms with Gasteiger partial charge in [0.05, 0.1) is 0 Å². The second-order valence-corrected chi connectivity index (χ2v) is 3.13. The molecule has 3 heteroatoms. The van der Waals surface area contributed by atoms with Gasteiger partial charge in [-0.15, -0.1) is 0 Å². The quantitative estimate of drug-likeness (QED) is 0.389. The standard InChI is InChI=1S/C9H20N2O/c1-4-6-7-9(5-2)11(10)8(3)12/h9H,4-7,10H2,1-3H3. The van der Waals surface area contributed by atoms with Crippen LogP contribution in [0.4, 0.5) is 0 Å². The number of nitrogens with two attached hydrogens (primary N) is 1. The Morgan fingerprint density at radius 2 is 2.08 bits per heavy atom. The average Bonchev–Trinajstić information content (AvgIpc) is 2.05. The summed E-state index contributed by atoms with van der Waals surface area (Å²) >= 11 is 0. The van der Waals surface area contributed by atoms with E-state index in [-0.39, 0.29) is 11.9 Å². The molecule has 1 amide bonds. The van der Waals surface area contributed by atoms with Crippen LogP contribution in [0.5, 0.6) is 0 Å². The maximum Gasteiger partial charge on any atom is 0.233 e. The van der Waals surface area contributed by atoms with Crippen LogP contribution in [-0.4, -0.2) is 17.0 Å². The fourth-order valence-corrected chi connectivity index (χ4v) is 1.24. The van der Waals surface area contributed by atoms with E-state index in [0.29, 0.717) is 0 Å². The lowest BCUT2D eigenvalue weighted by atomic mass is 10.1. The largest absolute Gasteiger partial charge is 0.278 e. The van der Waals surface area contributed by atoms with Gasteiger partial charge in [0.25, 0.3) is 0 Å². The zero-order chi connectivity index (χ0) is 9.56. The summed E-state index contributed by atoms with van der Waals surface area (Å²) in [5, 5.41) is 1.36. The highest BCUT2D eigenvalue weighted by atomic mass is 16.2. The minimum atomic E-state index is -0.0436. The topological polar surface area (TPSA) is 46.3 Å². The van der Waals surface area contributed by atoms with Crippen molar-refractivity contribution in [1.29, 1.82) is 0 Å². The van der Waals surface area contributed by atoms with Gasteiger partial charge in [-0.05, 0) is 12.8 Å². The van der Waals surface area contributed by atoms with Gasteiger partial charge in [0.2, 0.25) is 5.91 Å². The van der Waals surface area contributed by atoms with Gasteiger partial charge < -0.3 is 0 Å². The van der Waals surface area contributed by atoms with Crippen molar-refractivity contribution in [3.8, 4) is 0 Å². The molecular formula is C9H20N2O. The number of rotatable bonds is 5. The molecule has 0 heterocycles. The zero-order valence-electron chi connectivity index (χ0n) is 8.34. The summed E-state index contributed by atoms with van der Waals surface area (Å²) in [6.45, 7) is 5.71. The van der Waals surface area contributed by atoms with E-state index in [1.807, 2.05) is 0 Å². The summed E-state index contributed by atoms with van der Waals surface area (Å²) < 4.78 is 0. The molecule has 0 aliphatic carbocycles. The maximum atomic E-state index is 10.9. The Bertz CT molecular complexity index is 136. The van der Waals surface area contributed by atoms with Gasteiger partial charge in [-0.2, -0.15) is 0 Å². The van der Waals surface area contributed by atoms with E-state index >= 15 is 0 Å². The molecule has 3 nitrogen and oxygen atoms in total. The second kappa shape index (κ2) is 6.00. The van der Waals surface area contributed by atoms with Crippen molar-refractivity contribution in [3.05, 3.63) is 0 Å². The van der Waals surface area contributed by atoms with Crippen LogP contribution in [0.2, 0.25) is 0 Å². The molecule has 0 rings (SSSR count). The first-order valence-electron chi connectivity index (χ1n) is 4.67. The van der Waals surface area contributed by atoms with Gasteiger partial charge in [0.1, 0.15) is 0 Å². The van der Waals surface area contributed by atoms with E-state index in [1.165, 1.54) is 11.9 Å². The molecule has 0 aliphatic heterocycles. The first kappa shape index (κ1) is 11.4. The lowest BCUT2D eigenvalue weighted by molar-refractivity contribution is -0.131. The number of hydrogen-bond donors (Lipinski definition) is 1. The third-order valence-corrected chi connectivity index (χ3v) is 2.12. The molecule has 2 N–H and O–H groups in total. The van der Waals surface area contributed by atoms with E-state index in [4.69, 9.17) is 5.84 Å². The Morgan fingerprint density at radius 1 is 1.50 bits per heavy atom. The van der Waals surface area contributed by atoms with Gasteiger partial charge in [-0.1, -0.05) is 26.7 Å². The number of nitrogens with zero attached hydrogens (tertiary/aromatic N) is 1. The molecule has 72 valence electrons. The highest BCUT2D eigenvalue weighted by Gasteiger charge is 2.14. The van der Waals surface area contributed by atoms with Crippen LogP contribution in [0.1, 0.15) is 46.5 Å². The van der Waals surface area contributed by atoms with E-state index in [2.05, 4.69) is 13.8 Å². The van der Waals surface area contributed by atoms with E-state index in [0.717, 1.165) is 25.7 Å². The van der Waals surface area contributed by atoms with Crippen LogP contribution in [0.3, 0.4) is 0 Å². The molecule has 0 aromatic heterocycles. The number of hydrazine groups is 1. The molecule has 0 saturated carbocycles. The highest BCUT2D eigenvalue weighted by Crippen LogP contribution is 2.09. The summed E-state index contributed by atoms with van der Waals surface area (Å²) in [4.78, 5) is 10.9.